The van der Waals surface area contributed by atoms with Crippen LogP contribution in [0.15, 0.2) is 24.3 Å². The van der Waals surface area contributed by atoms with Crippen molar-refractivity contribution in [3.05, 3.63) is 35.1 Å². The fourth-order valence-corrected chi connectivity index (χ4v) is 2.47. The van der Waals surface area contributed by atoms with Crippen LogP contribution in [-0.2, 0) is 0 Å². The highest BCUT2D eigenvalue weighted by molar-refractivity contribution is 6.32. The predicted octanol–water partition coefficient (Wildman–Crippen LogP) is 3.11. The number of methoxy groups -OCH3 is 1. The number of anilines is 3. The van der Waals surface area contributed by atoms with Gasteiger partial charge in [-0.2, -0.15) is 0 Å². The quantitative estimate of drug-likeness (QED) is 0.527. The van der Waals surface area contributed by atoms with Crippen molar-refractivity contribution < 1.29 is 9.53 Å². The summed E-state index contributed by atoms with van der Waals surface area (Å²) in [6.45, 7) is 5.57. The van der Waals surface area contributed by atoms with Crippen LogP contribution in [0.5, 0.6) is 5.75 Å². The van der Waals surface area contributed by atoms with E-state index in [9.17, 15) is 4.79 Å². The van der Waals surface area contributed by atoms with Crippen molar-refractivity contribution >= 4 is 35.0 Å². The van der Waals surface area contributed by atoms with Gasteiger partial charge in [0.05, 0.1) is 12.1 Å². The SMILES string of the molecule is CCNc1cc(NCCNC(=O)Nc2ccc(OC)c(Cl)c2)nc(C)n1. The van der Waals surface area contributed by atoms with Gasteiger partial charge < -0.3 is 26.0 Å². The van der Waals surface area contributed by atoms with E-state index in [0.717, 1.165) is 12.4 Å². The summed E-state index contributed by atoms with van der Waals surface area (Å²) < 4.78 is 5.08. The third-order valence-corrected chi connectivity index (χ3v) is 3.62. The highest BCUT2D eigenvalue weighted by Gasteiger charge is 2.05. The van der Waals surface area contributed by atoms with Crippen LogP contribution in [0.3, 0.4) is 0 Å². The average molecular weight is 379 g/mol. The smallest absolute Gasteiger partial charge is 0.319 e. The molecule has 0 bridgehead atoms. The molecule has 4 N–H and O–H groups in total. The van der Waals surface area contributed by atoms with E-state index in [4.69, 9.17) is 16.3 Å². The first-order chi connectivity index (χ1) is 12.5. The summed E-state index contributed by atoms with van der Waals surface area (Å²) in [6.07, 6.45) is 0. The minimum atomic E-state index is -0.319. The summed E-state index contributed by atoms with van der Waals surface area (Å²) in [6, 6.07) is 6.55. The van der Waals surface area contributed by atoms with Gasteiger partial charge in [0.25, 0.3) is 0 Å². The number of halogens is 1. The van der Waals surface area contributed by atoms with E-state index in [-0.39, 0.29) is 6.03 Å². The summed E-state index contributed by atoms with van der Waals surface area (Å²) in [5.74, 6) is 2.70. The number of ether oxygens (including phenoxy) is 1. The van der Waals surface area contributed by atoms with Crippen LogP contribution in [0.2, 0.25) is 5.02 Å². The number of nitrogens with zero attached hydrogens (tertiary/aromatic N) is 2. The molecule has 1 heterocycles. The monoisotopic (exact) mass is 378 g/mol. The molecule has 1 aromatic carbocycles. The van der Waals surface area contributed by atoms with Crippen LogP contribution < -0.4 is 26.0 Å². The second kappa shape index (κ2) is 9.67. The number of hydrogen-bond acceptors (Lipinski definition) is 6. The molecule has 0 aliphatic heterocycles. The Kier molecular flexibility index (Phi) is 7.28. The van der Waals surface area contributed by atoms with Gasteiger partial charge in [-0.1, -0.05) is 11.6 Å². The second-order valence-corrected chi connectivity index (χ2v) is 5.78. The molecule has 0 atom stereocenters. The molecule has 0 aliphatic rings. The van der Waals surface area contributed by atoms with Crippen molar-refractivity contribution in [3.8, 4) is 5.75 Å². The van der Waals surface area contributed by atoms with Gasteiger partial charge in [0.1, 0.15) is 23.2 Å². The number of carbonyl (C=O) groups is 1. The molecule has 9 heteroatoms. The summed E-state index contributed by atoms with van der Waals surface area (Å²) in [5, 5.41) is 12.2. The number of hydrogen-bond donors (Lipinski definition) is 4. The normalized spacial score (nSPS) is 10.2. The van der Waals surface area contributed by atoms with E-state index in [1.165, 1.54) is 7.11 Å². The van der Waals surface area contributed by atoms with E-state index in [0.29, 0.717) is 41.2 Å². The van der Waals surface area contributed by atoms with Crippen LogP contribution in [-0.4, -0.2) is 42.7 Å². The van der Waals surface area contributed by atoms with Crippen LogP contribution in [0.1, 0.15) is 12.7 Å². The minimum absolute atomic E-state index is 0.319. The molecule has 0 unspecified atom stereocenters. The Morgan fingerprint density at radius 3 is 2.54 bits per heavy atom. The zero-order chi connectivity index (χ0) is 18.9. The van der Waals surface area contributed by atoms with E-state index < -0.39 is 0 Å². The van der Waals surface area contributed by atoms with Gasteiger partial charge in [0, 0.05) is 31.4 Å². The molecule has 1 aromatic heterocycles. The van der Waals surface area contributed by atoms with Gasteiger partial charge in [-0.05, 0) is 32.0 Å². The molecular weight excluding hydrogens is 356 g/mol. The Morgan fingerprint density at radius 1 is 1.15 bits per heavy atom. The summed E-state index contributed by atoms with van der Waals surface area (Å²) in [5.41, 5.74) is 0.586. The standard InChI is InChI=1S/C17H23ClN6O2/c1-4-19-15-10-16(23-11(2)22-15)20-7-8-21-17(25)24-12-5-6-14(26-3)13(18)9-12/h5-6,9-10H,4,7-8H2,1-3H3,(H2,21,24,25)(H2,19,20,22,23). The molecule has 0 spiro atoms. The molecule has 2 aromatic rings. The molecule has 8 nitrogen and oxygen atoms in total. The second-order valence-electron chi connectivity index (χ2n) is 5.37. The van der Waals surface area contributed by atoms with Crippen molar-refractivity contribution in [2.45, 2.75) is 13.8 Å². The zero-order valence-corrected chi connectivity index (χ0v) is 15.8. The summed E-state index contributed by atoms with van der Waals surface area (Å²) in [7, 11) is 1.54. The maximum Gasteiger partial charge on any atom is 0.319 e. The molecular formula is C17H23ClN6O2. The fraction of sp³-hybridized carbons (Fsp3) is 0.353. The minimum Gasteiger partial charge on any atom is -0.495 e. The predicted molar refractivity (Wildman–Crippen MR) is 104 cm³/mol. The molecule has 26 heavy (non-hydrogen) atoms. The lowest BCUT2D eigenvalue weighted by Crippen LogP contribution is -2.32. The molecule has 2 amide bonds. The van der Waals surface area contributed by atoms with Gasteiger partial charge >= 0.3 is 6.03 Å². The van der Waals surface area contributed by atoms with Crippen molar-refractivity contribution in [1.82, 2.24) is 15.3 Å². The van der Waals surface area contributed by atoms with Crippen LogP contribution >= 0.6 is 11.6 Å². The molecule has 2 rings (SSSR count). The maximum atomic E-state index is 11.9. The van der Waals surface area contributed by atoms with Gasteiger partial charge in [-0.25, -0.2) is 14.8 Å². The number of nitrogens with one attached hydrogen (secondary N) is 4. The Hall–Kier alpha value is -2.74. The Bertz CT molecular complexity index is 756. The Balaban J connectivity index is 1.77. The number of amides is 2. The van der Waals surface area contributed by atoms with Gasteiger partial charge in [0.15, 0.2) is 0 Å². The van der Waals surface area contributed by atoms with Crippen molar-refractivity contribution in [2.75, 3.05) is 42.7 Å². The largest absolute Gasteiger partial charge is 0.495 e. The van der Waals surface area contributed by atoms with E-state index in [2.05, 4.69) is 31.2 Å². The third-order valence-electron chi connectivity index (χ3n) is 3.32. The highest BCUT2D eigenvalue weighted by atomic mass is 35.5. The first-order valence-electron chi connectivity index (χ1n) is 8.23. The first kappa shape index (κ1) is 19.6. The molecule has 140 valence electrons. The molecule has 0 saturated carbocycles. The number of carbonyl (C=O) groups excluding carboxylic acids is 1. The molecule has 0 saturated heterocycles. The van der Waals surface area contributed by atoms with Crippen molar-refractivity contribution in [3.63, 3.8) is 0 Å². The highest BCUT2D eigenvalue weighted by Crippen LogP contribution is 2.27. The van der Waals surface area contributed by atoms with E-state index in [1.807, 2.05) is 19.9 Å². The zero-order valence-electron chi connectivity index (χ0n) is 15.0. The number of aryl methyl sites for hydroxylation is 1. The summed E-state index contributed by atoms with van der Waals surface area (Å²) in [4.78, 5) is 20.5. The number of benzene rings is 1. The average Bonchev–Trinajstić information content (AvgIpc) is 2.59. The topological polar surface area (TPSA) is 100 Å². The molecule has 0 radical (unpaired) electrons. The molecule has 0 aliphatic carbocycles. The Morgan fingerprint density at radius 2 is 1.88 bits per heavy atom. The van der Waals surface area contributed by atoms with Crippen LogP contribution in [0.4, 0.5) is 22.1 Å². The maximum absolute atomic E-state index is 11.9. The first-order valence-corrected chi connectivity index (χ1v) is 8.61. The number of urea groups is 1. The van der Waals surface area contributed by atoms with E-state index in [1.54, 1.807) is 18.2 Å². The van der Waals surface area contributed by atoms with Gasteiger partial charge in [0.2, 0.25) is 0 Å². The van der Waals surface area contributed by atoms with Crippen LogP contribution in [0.25, 0.3) is 0 Å². The number of rotatable bonds is 8. The van der Waals surface area contributed by atoms with Gasteiger partial charge in [-0.15, -0.1) is 0 Å². The van der Waals surface area contributed by atoms with Crippen molar-refractivity contribution in [1.29, 1.82) is 0 Å². The fourth-order valence-electron chi connectivity index (χ4n) is 2.22. The number of aromatic nitrogens is 2. The lowest BCUT2D eigenvalue weighted by molar-refractivity contribution is 0.252. The molecule has 0 fully saturated rings. The van der Waals surface area contributed by atoms with E-state index >= 15 is 0 Å². The third kappa shape index (κ3) is 5.96. The lowest BCUT2D eigenvalue weighted by atomic mass is 10.3. The summed E-state index contributed by atoms with van der Waals surface area (Å²) >= 11 is 6.03. The van der Waals surface area contributed by atoms with Gasteiger partial charge in [-0.3, -0.25) is 0 Å². The van der Waals surface area contributed by atoms with Crippen molar-refractivity contribution in [2.24, 2.45) is 0 Å². The lowest BCUT2D eigenvalue weighted by Gasteiger charge is -2.11. The Labute approximate surface area is 157 Å². The van der Waals surface area contributed by atoms with Crippen LogP contribution in [0, 0.1) is 6.92 Å².